The van der Waals surface area contributed by atoms with Gasteiger partial charge in [0.05, 0.1) is 12.2 Å². The van der Waals surface area contributed by atoms with Crippen molar-refractivity contribution in [3.05, 3.63) is 28.7 Å². The molecule has 1 aromatic rings. The first-order valence-corrected chi connectivity index (χ1v) is 7.88. The van der Waals surface area contributed by atoms with Crippen molar-refractivity contribution >= 4 is 27.5 Å². The number of halogens is 1. The largest absolute Gasteiger partial charge is 0.324 e. The number of hydrogen-bond acceptors (Lipinski definition) is 3. The summed E-state index contributed by atoms with van der Waals surface area (Å²) in [4.78, 5) is 14.2. The minimum atomic E-state index is 0.000985. The van der Waals surface area contributed by atoms with E-state index < -0.39 is 0 Å². The third-order valence-electron chi connectivity index (χ3n) is 3.59. The molecule has 2 rings (SSSR count). The summed E-state index contributed by atoms with van der Waals surface area (Å²) in [5.74, 6) is 0.658. The molecule has 5 heteroatoms. The van der Waals surface area contributed by atoms with Gasteiger partial charge in [0.2, 0.25) is 5.91 Å². The molecule has 1 aliphatic heterocycles. The molecule has 1 aromatic carbocycles. The first-order valence-electron chi connectivity index (χ1n) is 7.09. The molecule has 0 spiro atoms. The first-order chi connectivity index (χ1) is 9.65. The van der Waals surface area contributed by atoms with Crippen LogP contribution in [0.25, 0.3) is 0 Å². The molecule has 1 unspecified atom stereocenters. The van der Waals surface area contributed by atoms with Gasteiger partial charge >= 0.3 is 0 Å². The lowest BCUT2D eigenvalue weighted by Gasteiger charge is -2.29. The third kappa shape index (κ3) is 4.89. The van der Waals surface area contributed by atoms with Gasteiger partial charge in [0, 0.05) is 11.0 Å². The van der Waals surface area contributed by atoms with Crippen molar-refractivity contribution in [1.82, 2.24) is 10.2 Å². The second-order valence-corrected chi connectivity index (χ2v) is 6.28. The second-order valence-electron chi connectivity index (χ2n) is 5.43. The van der Waals surface area contributed by atoms with Crippen LogP contribution in [-0.2, 0) is 4.79 Å². The molecule has 0 aliphatic carbocycles. The predicted octanol–water partition coefficient (Wildman–Crippen LogP) is 2.32. The normalized spacial score (nSPS) is 19.8. The van der Waals surface area contributed by atoms with E-state index in [2.05, 4.69) is 38.5 Å². The summed E-state index contributed by atoms with van der Waals surface area (Å²) < 4.78 is 0.905. The zero-order valence-electron chi connectivity index (χ0n) is 11.9. The number of piperidine rings is 1. The molecule has 1 atom stereocenters. The lowest BCUT2D eigenvalue weighted by molar-refractivity contribution is -0.115. The highest BCUT2D eigenvalue weighted by atomic mass is 79.9. The number of hydrogen-bond donors (Lipinski definition) is 2. The summed E-state index contributed by atoms with van der Waals surface area (Å²) in [5, 5.41) is 6.16. The van der Waals surface area contributed by atoms with Crippen LogP contribution in [0, 0.1) is 5.92 Å². The van der Waals surface area contributed by atoms with E-state index in [1.807, 2.05) is 24.3 Å². The number of carbonyl (C=O) groups excluding carboxylic acids is 1. The fourth-order valence-electron chi connectivity index (χ4n) is 2.59. The Morgan fingerprint density at radius 3 is 3.00 bits per heavy atom. The molecule has 0 radical (unpaired) electrons. The van der Waals surface area contributed by atoms with E-state index in [0.717, 1.165) is 23.2 Å². The highest BCUT2D eigenvalue weighted by Crippen LogP contribution is 2.20. The molecule has 0 bridgehead atoms. The number of anilines is 1. The van der Waals surface area contributed by atoms with E-state index in [-0.39, 0.29) is 5.91 Å². The van der Waals surface area contributed by atoms with Crippen molar-refractivity contribution in [2.45, 2.75) is 12.8 Å². The molecule has 1 fully saturated rings. The first kappa shape index (κ1) is 15.5. The van der Waals surface area contributed by atoms with Gasteiger partial charge < -0.3 is 15.5 Å². The Balaban J connectivity index is 1.69. The molecule has 110 valence electrons. The average molecular weight is 340 g/mol. The van der Waals surface area contributed by atoms with Gasteiger partial charge in [-0.1, -0.05) is 12.1 Å². The summed E-state index contributed by atoms with van der Waals surface area (Å²) in [7, 11) is 2.16. The lowest BCUT2D eigenvalue weighted by atomic mass is 9.98. The maximum absolute atomic E-state index is 11.9. The van der Waals surface area contributed by atoms with Crippen LogP contribution in [0.1, 0.15) is 12.8 Å². The van der Waals surface area contributed by atoms with Gasteiger partial charge in [-0.15, -0.1) is 0 Å². The number of para-hydroxylation sites is 1. The van der Waals surface area contributed by atoms with E-state index >= 15 is 0 Å². The molecular weight excluding hydrogens is 318 g/mol. The molecule has 20 heavy (non-hydrogen) atoms. The van der Waals surface area contributed by atoms with Crippen LogP contribution in [0.2, 0.25) is 0 Å². The summed E-state index contributed by atoms with van der Waals surface area (Å²) in [5.41, 5.74) is 0.816. The van der Waals surface area contributed by atoms with E-state index in [1.165, 1.54) is 19.4 Å². The molecule has 0 saturated carbocycles. The van der Waals surface area contributed by atoms with Crippen molar-refractivity contribution in [2.24, 2.45) is 5.92 Å². The van der Waals surface area contributed by atoms with Gasteiger partial charge in [-0.05, 0) is 67.0 Å². The van der Waals surface area contributed by atoms with Crippen molar-refractivity contribution in [2.75, 3.05) is 38.5 Å². The minimum absolute atomic E-state index is 0.000985. The van der Waals surface area contributed by atoms with Crippen LogP contribution < -0.4 is 10.6 Å². The fourth-order valence-corrected chi connectivity index (χ4v) is 2.97. The van der Waals surface area contributed by atoms with E-state index in [4.69, 9.17) is 0 Å². The quantitative estimate of drug-likeness (QED) is 0.865. The minimum Gasteiger partial charge on any atom is -0.324 e. The van der Waals surface area contributed by atoms with Gasteiger partial charge in [-0.2, -0.15) is 0 Å². The summed E-state index contributed by atoms with van der Waals surface area (Å²) in [6, 6.07) is 7.64. The average Bonchev–Trinajstić information content (AvgIpc) is 2.41. The van der Waals surface area contributed by atoms with E-state index in [9.17, 15) is 4.79 Å². The topological polar surface area (TPSA) is 44.4 Å². The number of rotatable bonds is 5. The smallest absolute Gasteiger partial charge is 0.238 e. The molecule has 0 aromatic heterocycles. The molecule has 1 saturated heterocycles. The van der Waals surface area contributed by atoms with Crippen molar-refractivity contribution in [1.29, 1.82) is 0 Å². The zero-order valence-corrected chi connectivity index (χ0v) is 13.4. The highest BCUT2D eigenvalue weighted by molar-refractivity contribution is 9.10. The predicted molar refractivity (Wildman–Crippen MR) is 85.9 cm³/mol. The Bertz CT molecular complexity index is 452. The van der Waals surface area contributed by atoms with Crippen molar-refractivity contribution in [3.8, 4) is 0 Å². The summed E-state index contributed by atoms with van der Waals surface area (Å²) in [6.45, 7) is 3.59. The molecule has 4 nitrogen and oxygen atoms in total. The van der Waals surface area contributed by atoms with Gasteiger partial charge in [-0.3, -0.25) is 4.79 Å². The van der Waals surface area contributed by atoms with Gasteiger partial charge in [-0.25, -0.2) is 0 Å². The Morgan fingerprint density at radius 2 is 2.25 bits per heavy atom. The van der Waals surface area contributed by atoms with Crippen molar-refractivity contribution < 1.29 is 4.79 Å². The third-order valence-corrected chi connectivity index (χ3v) is 4.28. The summed E-state index contributed by atoms with van der Waals surface area (Å²) >= 11 is 3.42. The Labute approximate surface area is 129 Å². The zero-order chi connectivity index (χ0) is 14.4. The Morgan fingerprint density at radius 1 is 1.45 bits per heavy atom. The molecule has 1 aliphatic rings. The van der Waals surface area contributed by atoms with Crippen LogP contribution in [0.15, 0.2) is 28.7 Å². The van der Waals surface area contributed by atoms with Crippen LogP contribution >= 0.6 is 15.9 Å². The number of benzene rings is 1. The Hall–Kier alpha value is -0.910. The Kier molecular flexibility index (Phi) is 6.01. The molecule has 2 N–H and O–H groups in total. The lowest BCUT2D eigenvalue weighted by Crippen LogP contribution is -2.39. The second kappa shape index (κ2) is 7.76. The van der Waals surface area contributed by atoms with E-state index in [1.54, 1.807) is 0 Å². The molecule has 1 amide bonds. The number of likely N-dealkylation sites (tertiary alicyclic amines) is 1. The number of carbonyl (C=O) groups is 1. The SMILES string of the molecule is CN1CCCC(CNCC(=O)Nc2ccccc2Br)C1. The van der Waals surface area contributed by atoms with Gasteiger partial charge in [0.15, 0.2) is 0 Å². The van der Waals surface area contributed by atoms with Crippen LogP contribution in [0.4, 0.5) is 5.69 Å². The summed E-state index contributed by atoms with van der Waals surface area (Å²) in [6.07, 6.45) is 2.51. The van der Waals surface area contributed by atoms with Crippen LogP contribution in [0.3, 0.4) is 0 Å². The van der Waals surface area contributed by atoms with Crippen molar-refractivity contribution in [3.63, 3.8) is 0 Å². The monoisotopic (exact) mass is 339 g/mol. The fraction of sp³-hybridized carbons (Fsp3) is 0.533. The molecular formula is C15H22BrN3O. The molecule has 1 heterocycles. The van der Waals surface area contributed by atoms with Gasteiger partial charge in [0.25, 0.3) is 0 Å². The van der Waals surface area contributed by atoms with E-state index in [0.29, 0.717) is 12.5 Å². The number of amides is 1. The number of nitrogens with zero attached hydrogens (tertiary/aromatic N) is 1. The maximum Gasteiger partial charge on any atom is 0.238 e. The van der Waals surface area contributed by atoms with Gasteiger partial charge in [0.1, 0.15) is 0 Å². The maximum atomic E-state index is 11.9. The number of nitrogens with one attached hydrogen (secondary N) is 2. The standard InChI is InChI=1S/C15H22BrN3O/c1-19-8-4-5-12(11-19)9-17-10-15(20)18-14-7-3-2-6-13(14)16/h2-3,6-7,12,17H,4-5,8-11H2,1H3,(H,18,20). The van der Waals surface area contributed by atoms with Crippen LogP contribution in [-0.4, -0.2) is 44.0 Å². The highest BCUT2D eigenvalue weighted by Gasteiger charge is 2.16. The van der Waals surface area contributed by atoms with Crippen LogP contribution in [0.5, 0.6) is 0 Å².